The van der Waals surface area contributed by atoms with Gasteiger partial charge in [-0.2, -0.15) is 0 Å². The molecule has 0 radical (unpaired) electrons. The first kappa shape index (κ1) is 21.3. The number of nitrogens with one attached hydrogen (secondary N) is 3. The number of hydrogen-bond acceptors (Lipinski definition) is 3. The summed E-state index contributed by atoms with van der Waals surface area (Å²) in [6, 6.07) is 6.93. The minimum Gasteiger partial charge on any atom is -0.339 e. The van der Waals surface area contributed by atoms with E-state index >= 15 is 0 Å². The van der Waals surface area contributed by atoms with Crippen molar-refractivity contribution in [1.29, 1.82) is 0 Å². The van der Waals surface area contributed by atoms with Gasteiger partial charge in [-0.05, 0) is 58.3 Å². The fourth-order valence-corrected chi connectivity index (χ4v) is 3.00. The first-order valence-electron chi connectivity index (χ1n) is 8.61. The number of halogens is 1. The summed E-state index contributed by atoms with van der Waals surface area (Å²) in [6.45, 7) is 6.31. The molecule has 6 nitrogen and oxygen atoms in total. The largest absolute Gasteiger partial charge is 0.339 e. The lowest BCUT2D eigenvalue weighted by Gasteiger charge is -2.32. The van der Waals surface area contributed by atoms with Crippen LogP contribution in [0.3, 0.4) is 0 Å². The number of hydrogen-bond donors (Lipinski definition) is 3. The zero-order chi connectivity index (χ0) is 17.5. The zero-order valence-electron chi connectivity index (χ0n) is 15.2. The van der Waals surface area contributed by atoms with Gasteiger partial charge in [-0.15, -0.1) is 12.4 Å². The Bertz CT molecular complexity index is 572. The number of benzene rings is 1. The molecule has 3 N–H and O–H groups in total. The highest BCUT2D eigenvalue weighted by atomic mass is 35.5. The van der Waals surface area contributed by atoms with Crippen molar-refractivity contribution in [3.8, 4) is 0 Å². The fraction of sp³-hybridized carbons (Fsp3) is 0.556. The van der Waals surface area contributed by atoms with Crippen molar-refractivity contribution < 1.29 is 9.59 Å². The highest BCUT2D eigenvalue weighted by Crippen LogP contribution is 2.22. The van der Waals surface area contributed by atoms with Crippen LogP contribution in [0.1, 0.15) is 37.0 Å². The number of anilines is 1. The summed E-state index contributed by atoms with van der Waals surface area (Å²) in [6.07, 6.45) is 2.02. The van der Waals surface area contributed by atoms with Crippen LogP contribution in [0.4, 0.5) is 10.5 Å². The van der Waals surface area contributed by atoms with Gasteiger partial charge >= 0.3 is 6.03 Å². The van der Waals surface area contributed by atoms with Crippen molar-refractivity contribution in [2.75, 3.05) is 32.0 Å². The van der Waals surface area contributed by atoms with Crippen molar-refractivity contribution >= 4 is 30.0 Å². The lowest BCUT2D eigenvalue weighted by molar-refractivity contribution is 0.0692. The number of nitrogens with zero attached hydrogens (tertiary/aromatic N) is 1. The van der Waals surface area contributed by atoms with Crippen LogP contribution < -0.4 is 16.0 Å². The van der Waals surface area contributed by atoms with E-state index < -0.39 is 0 Å². The van der Waals surface area contributed by atoms with Gasteiger partial charge in [-0.1, -0.05) is 12.1 Å². The summed E-state index contributed by atoms with van der Waals surface area (Å²) in [5.41, 5.74) is 1.10. The monoisotopic (exact) mass is 368 g/mol. The van der Waals surface area contributed by atoms with E-state index in [1.165, 1.54) is 0 Å². The van der Waals surface area contributed by atoms with Crippen LogP contribution >= 0.6 is 12.4 Å². The molecule has 1 aliphatic heterocycles. The number of urea groups is 1. The molecule has 0 aromatic heterocycles. The second kappa shape index (κ2) is 10.3. The third-order valence-corrected chi connectivity index (χ3v) is 4.22. The molecular formula is C18H29ClN4O2. The summed E-state index contributed by atoms with van der Waals surface area (Å²) >= 11 is 0. The minimum absolute atomic E-state index is 0. The minimum atomic E-state index is -0.294. The van der Waals surface area contributed by atoms with E-state index in [0.717, 1.165) is 32.5 Å². The number of likely N-dealkylation sites (tertiary alicyclic amines) is 1. The van der Waals surface area contributed by atoms with E-state index in [1.54, 1.807) is 12.1 Å². The Morgan fingerprint density at radius 3 is 2.44 bits per heavy atom. The van der Waals surface area contributed by atoms with Gasteiger partial charge in [0, 0.05) is 19.1 Å². The van der Waals surface area contributed by atoms with Gasteiger partial charge < -0.3 is 20.9 Å². The number of piperidine rings is 1. The lowest BCUT2D eigenvalue weighted by atomic mass is 9.96. The highest BCUT2D eigenvalue weighted by Gasteiger charge is 2.25. The molecule has 2 rings (SSSR count). The van der Waals surface area contributed by atoms with E-state index in [4.69, 9.17) is 0 Å². The van der Waals surface area contributed by atoms with Gasteiger partial charge in [-0.25, -0.2) is 4.79 Å². The SMILES string of the molecule is CNCC1CCN(C(=O)c2ccccc2NC(=O)NC(C)C)CC1.Cl. The van der Waals surface area contributed by atoms with E-state index in [-0.39, 0.29) is 30.4 Å². The summed E-state index contributed by atoms with van der Waals surface area (Å²) in [4.78, 5) is 26.6. The number of carbonyl (C=O) groups is 2. The average molecular weight is 369 g/mol. The van der Waals surface area contributed by atoms with Gasteiger partial charge in [0.2, 0.25) is 0 Å². The molecule has 25 heavy (non-hydrogen) atoms. The van der Waals surface area contributed by atoms with Crippen LogP contribution in [0.25, 0.3) is 0 Å². The summed E-state index contributed by atoms with van der Waals surface area (Å²) in [7, 11) is 1.96. The third kappa shape index (κ3) is 6.21. The van der Waals surface area contributed by atoms with E-state index in [1.807, 2.05) is 37.9 Å². The maximum absolute atomic E-state index is 12.8. The van der Waals surface area contributed by atoms with Crippen molar-refractivity contribution in [2.24, 2.45) is 5.92 Å². The van der Waals surface area contributed by atoms with E-state index in [2.05, 4.69) is 16.0 Å². The first-order valence-corrected chi connectivity index (χ1v) is 8.61. The predicted molar refractivity (Wildman–Crippen MR) is 104 cm³/mol. The van der Waals surface area contributed by atoms with Crippen LogP contribution in [-0.2, 0) is 0 Å². The number of carbonyl (C=O) groups excluding carboxylic acids is 2. The topological polar surface area (TPSA) is 73.5 Å². The molecule has 0 bridgehead atoms. The fourth-order valence-electron chi connectivity index (χ4n) is 3.00. The molecule has 1 fully saturated rings. The molecule has 7 heteroatoms. The number of para-hydroxylation sites is 1. The second-order valence-corrected chi connectivity index (χ2v) is 6.59. The standard InChI is InChI=1S/C18H28N4O2.ClH/c1-13(2)20-18(24)21-16-7-5-4-6-15(16)17(23)22-10-8-14(9-11-22)12-19-3;/h4-7,13-14,19H,8-12H2,1-3H3,(H2,20,21,24);1H. The molecule has 1 heterocycles. The molecule has 1 saturated heterocycles. The van der Waals surface area contributed by atoms with E-state index in [0.29, 0.717) is 17.2 Å². The van der Waals surface area contributed by atoms with E-state index in [9.17, 15) is 9.59 Å². The Morgan fingerprint density at radius 2 is 1.84 bits per heavy atom. The van der Waals surface area contributed by atoms with Crippen molar-refractivity contribution in [3.05, 3.63) is 29.8 Å². The molecule has 1 aromatic carbocycles. The Morgan fingerprint density at radius 1 is 1.20 bits per heavy atom. The molecule has 0 spiro atoms. The Kier molecular flexibility index (Phi) is 8.72. The Balaban J connectivity index is 0.00000312. The summed E-state index contributed by atoms with van der Waals surface area (Å²) in [5.74, 6) is 0.614. The van der Waals surface area contributed by atoms with Crippen molar-refractivity contribution in [1.82, 2.24) is 15.5 Å². The molecule has 0 unspecified atom stereocenters. The van der Waals surface area contributed by atoms with Crippen LogP contribution in [0, 0.1) is 5.92 Å². The molecular weight excluding hydrogens is 340 g/mol. The molecule has 0 atom stereocenters. The smallest absolute Gasteiger partial charge is 0.319 e. The van der Waals surface area contributed by atoms with Crippen LogP contribution in [0.15, 0.2) is 24.3 Å². The number of rotatable bonds is 5. The molecule has 1 aromatic rings. The second-order valence-electron chi connectivity index (χ2n) is 6.59. The highest BCUT2D eigenvalue weighted by molar-refractivity contribution is 6.03. The first-order chi connectivity index (χ1) is 11.5. The zero-order valence-corrected chi connectivity index (χ0v) is 16.0. The van der Waals surface area contributed by atoms with Crippen LogP contribution in [0.2, 0.25) is 0 Å². The summed E-state index contributed by atoms with van der Waals surface area (Å²) < 4.78 is 0. The van der Waals surface area contributed by atoms with Gasteiger partial charge in [0.25, 0.3) is 5.91 Å². The predicted octanol–water partition coefficient (Wildman–Crippen LogP) is 2.71. The molecule has 0 saturated carbocycles. The maximum Gasteiger partial charge on any atom is 0.319 e. The van der Waals surface area contributed by atoms with Gasteiger partial charge in [0.05, 0.1) is 11.3 Å². The van der Waals surface area contributed by atoms with Crippen LogP contribution in [0.5, 0.6) is 0 Å². The Hall–Kier alpha value is -1.79. The van der Waals surface area contributed by atoms with Gasteiger partial charge in [-0.3, -0.25) is 4.79 Å². The summed E-state index contributed by atoms with van der Waals surface area (Å²) in [5, 5.41) is 8.76. The molecule has 140 valence electrons. The van der Waals surface area contributed by atoms with Crippen molar-refractivity contribution in [2.45, 2.75) is 32.7 Å². The molecule has 1 aliphatic rings. The van der Waals surface area contributed by atoms with Crippen molar-refractivity contribution in [3.63, 3.8) is 0 Å². The van der Waals surface area contributed by atoms with Crippen LogP contribution in [-0.4, -0.2) is 49.6 Å². The quantitative estimate of drug-likeness (QED) is 0.748. The third-order valence-electron chi connectivity index (χ3n) is 4.22. The average Bonchev–Trinajstić information content (AvgIpc) is 2.55. The molecule has 3 amide bonds. The van der Waals surface area contributed by atoms with Gasteiger partial charge in [0.1, 0.15) is 0 Å². The molecule has 0 aliphatic carbocycles. The van der Waals surface area contributed by atoms with Gasteiger partial charge in [0.15, 0.2) is 0 Å². The normalized spacial score (nSPS) is 14.8. The Labute approximate surface area is 156 Å². The lowest BCUT2D eigenvalue weighted by Crippen LogP contribution is -2.41. The maximum atomic E-state index is 12.8. The number of amides is 3.